The van der Waals surface area contributed by atoms with Gasteiger partial charge in [-0.2, -0.15) is 0 Å². The van der Waals surface area contributed by atoms with Crippen LogP contribution in [-0.2, 0) is 9.59 Å². The smallest absolute Gasteiger partial charge is 0.328 e. The maximum absolute atomic E-state index is 13.0. The van der Waals surface area contributed by atoms with Gasteiger partial charge in [0.15, 0.2) is 0 Å². The van der Waals surface area contributed by atoms with Crippen LogP contribution in [0, 0.1) is 0 Å². The molecule has 0 bridgehead atoms. The lowest BCUT2D eigenvalue weighted by Gasteiger charge is -2.29. The van der Waals surface area contributed by atoms with Crippen LogP contribution in [0.3, 0.4) is 0 Å². The van der Waals surface area contributed by atoms with Crippen LogP contribution in [0.1, 0.15) is 16.8 Å². The Morgan fingerprint density at radius 1 is 1.00 bits per heavy atom. The van der Waals surface area contributed by atoms with Gasteiger partial charge in [-0.15, -0.1) is 0 Å². The number of amides is 1. The molecule has 2 N–H and O–H groups in total. The number of carbonyl (C=O) groups is 3. The van der Waals surface area contributed by atoms with Crippen LogP contribution in [-0.4, -0.2) is 59.1 Å². The molecule has 1 atom stereocenters. The molecule has 158 valence electrons. The molecule has 1 aliphatic rings. The predicted molar refractivity (Wildman–Crippen MR) is 115 cm³/mol. The van der Waals surface area contributed by atoms with Crippen LogP contribution < -0.4 is 4.90 Å². The van der Waals surface area contributed by atoms with E-state index in [0.29, 0.717) is 22.7 Å². The zero-order valence-corrected chi connectivity index (χ0v) is 17.2. The van der Waals surface area contributed by atoms with Gasteiger partial charge in [-0.05, 0) is 56.4 Å². The lowest BCUT2D eigenvalue weighted by molar-refractivity contribution is -0.134. The lowest BCUT2D eigenvalue weighted by Crippen LogP contribution is -2.42. The second kappa shape index (κ2) is 11.1. The Kier molecular flexibility index (Phi) is 8.58. The Balaban J connectivity index is 0.000000343. The van der Waals surface area contributed by atoms with Crippen molar-refractivity contribution in [3.05, 3.63) is 77.3 Å². The van der Waals surface area contributed by atoms with Crippen molar-refractivity contribution in [1.29, 1.82) is 0 Å². The number of nitrogens with zero attached hydrogens (tertiary/aromatic N) is 2. The molecule has 2 aromatic rings. The van der Waals surface area contributed by atoms with Crippen LogP contribution in [0.25, 0.3) is 0 Å². The quantitative estimate of drug-likeness (QED) is 0.705. The number of hydrogen-bond donors (Lipinski definition) is 2. The summed E-state index contributed by atoms with van der Waals surface area (Å²) in [7, 11) is 2.09. The molecule has 7 nitrogen and oxygen atoms in total. The number of aliphatic carboxylic acids is 2. The monoisotopic (exact) mass is 430 g/mol. The Bertz CT molecular complexity index is 884. The first-order valence-corrected chi connectivity index (χ1v) is 9.62. The van der Waals surface area contributed by atoms with E-state index < -0.39 is 11.9 Å². The first kappa shape index (κ1) is 23.1. The summed E-state index contributed by atoms with van der Waals surface area (Å²) < 4.78 is 0. The molecular formula is C22H23ClN2O5. The largest absolute Gasteiger partial charge is 0.478 e. The van der Waals surface area contributed by atoms with Gasteiger partial charge in [0, 0.05) is 35.0 Å². The topological polar surface area (TPSA) is 98.2 Å². The number of anilines is 1. The average molecular weight is 431 g/mol. The van der Waals surface area contributed by atoms with Crippen molar-refractivity contribution in [2.24, 2.45) is 0 Å². The Morgan fingerprint density at radius 3 is 2.03 bits per heavy atom. The molecule has 0 spiro atoms. The minimum atomic E-state index is -1.26. The summed E-state index contributed by atoms with van der Waals surface area (Å²) in [4.78, 5) is 36.3. The minimum Gasteiger partial charge on any atom is -0.478 e. The predicted octanol–water partition coefficient (Wildman–Crippen LogP) is 3.40. The highest BCUT2D eigenvalue weighted by molar-refractivity contribution is 6.30. The number of carboxylic acid groups (broad SMARTS) is 2. The number of carboxylic acids is 2. The van der Waals surface area contributed by atoms with Crippen LogP contribution in [0.15, 0.2) is 66.7 Å². The number of benzene rings is 2. The molecule has 0 saturated carbocycles. The van der Waals surface area contributed by atoms with Crippen molar-refractivity contribution >= 4 is 35.1 Å². The van der Waals surface area contributed by atoms with E-state index in [1.807, 2.05) is 35.2 Å². The van der Waals surface area contributed by atoms with Crippen LogP contribution in [0.2, 0.25) is 5.02 Å². The van der Waals surface area contributed by atoms with Gasteiger partial charge in [-0.3, -0.25) is 4.79 Å². The van der Waals surface area contributed by atoms with Gasteiger partial charge in [0.1, 0.15) is 0 Å². The zero-order valence-electron chi connectivity index (χ0n) is 16.4. The molecule has 30 heavy (non-hydrogen) atoms. The fourth-order valence-electron chi connectivity index (χ4n) is 3.08. The number of carbonyl (C=O) groups excluding carboxylic acids is 1. The van der Waals surface area contributed by atoms with Crippen molar-refractivity contribution in [2.45, 2.75) is 12.5 Å². The van der Waals surface area contributed by atoms with E-state index in [1.54, 1.807) is 24.3 Å². The van der Waals surface area contributed by atoms with Gasteiger partial charge < -0.3 is 20.0 Å². The summed E-state index contributed by atoms with van der Waals surface area (Å²) in [5.74, 6) is -2.48. The summed E-state index contributed by atoms with van der Waals surface area (Å²) in [6.45, 7) is 1.91. The third-order valence-electron chi connectivity index (χ3n) is 4.44. The average Bonchev–Trinajstić information content (AvgIpc) is 3.14. The van der Waals surface area contributed by atoms with Crippen molar-refractivity contribution < 1.29 is 24.6 Å². The van der Waals surface area contributed by atoms with Crippen molar-refractivity contribution in [2.75, 3.05) is 25.0 Å². The molecule has 1 heterocycles. The molecule has 1 aliphatic heterocycles. The summed E-state index contributed by atoms with van der Waals surface area (Å²) >= 11 is 5.93. The molecule has 3 rings (SSSR count). The van der Waals surface area contributed by atoms with Gasteiger partial charge in [0.05, 0.1) is 6.04 Å². The number of likely N-dealkylation sites (tertiary alicyclic amines) is 1. The fourth-order valence-corrected chi connectivity index (χ4v) is 3.21. The van der Waals surface area contributed by atoms with Crippen molar-refractivity contribution in [3.8, 4) is 0 Å². The standard InChI is InChI=1S/C18H19ClN2O.C4H4O4/c1-20-12-11-17(13-20)21(16-5-3-2-4-6-16)18(22)14-7-9-15(19)10-8-14;5-3(6)1-2-4(7)8/h2-10,17H,11-13H2,1H3;1-2H,(H,5,6)(H,7,8)/b;2-1+. The van der Waals surface area contributed by atoms with Gasteiger partial charge >= 0.3 is 11.9 Å². The molecule has 0 radical (unpaired) electrons. The van der Waals surface area contributed by atoms with E-state index in [9.17, 15) is 14.4 Å². The van der Waals surface area contributed by atoms with E-state index in [2.05, 4.69) is 11.9 Å². The molecule has 2 aromatic carbocycles. The van der Waals surface area contributed by atoms with E-state index in [4.69, 9.17) is 21.8 Å². The summed E-state index contributed by atoms with van der Waals surface area (Å²) in [5.41, 5.74) is 1.62. The van der Waals surface area contributed by atoms with Crippen LogP contribution in [0.5, 0.6) is 0 Å². The van der Waals surface area contributed by atoms with Crippen molar-refractivity contribution in [1.82, 2.24) is 4.90 Å². The van der Waals surface area contributed by atoms with E-state index in [1.165, 1.54) is 0 Å². The number of likely N-dealkylation sites (N-methyl/N-ethyl adjacent to an activating group) is 1. The number of halogens is 1. The van der Waals surface area contributed by atoms with Crippen molar-refractivity contribution in [3.63, 3.8) is 0 Å². The van der Waals surface area contributed by atoms with Crippen LogP contribution in [0.4, 0.5) is 5.69 Å². The maximum atomic E-state index is 13.0. The first-order chi connectivity index (χ1) is 14.3. The molecule has 0 aromatic heterocycles. The van der Waals surface area contributed by atoms with E-state index >= 15 is 0 Å². The summed E-state index contributed by atoms with van der Waals surface area (Å²) in [5, 5.41) is 16.3. The van der Waals surface area contributed by atoms with E-state index in [0.717, 1.165) is 25.2 Å². The van der Waals surface area contributed by atoms with Gasteiger partial charge in [0.25, 0.3) is 5.91 Å². The Hall–Kier alpha value is -3.16. The van der Waals surface area contributed by atoms with Gasteiger partial charge in [0.2, 0.25) is 0 Å². The Morgan fingerprint density at radius 2 is 1.57 bits per heavy atom. The molecule has 1 fully saturated rings. The first-order valence-electron chi connectivity index (χ1n) is 9.24. The summed E-state index contributed by atoms with van der Waals surface area (Å²) in [6.07, 6.45) is 2.11. The SMILES string of the molecule is CN1CCC(N(C(=O)c2ccc(Cl)cc2)c2ccccc2)C1.O=C(O)/C=C/C(=O)O. The van der Waals surface area contributed by atoms with Gasteiger partial charge in [-0.25, -0.2) is 9.59 Å². The number of hydrogen-bond acceptors (Lipinski definition) is 4. The second-order valence-electron chi connectivity index (χ2n) is 6.73. The lowest BCUT2D eigenvalue weighted by atomic mass is 10.1. The van der Waals surface area contributed by atoms with Gasteiger partial charge in [-0.1, -0.05) is 29.8 Å². The molecule has 0 aliphatic carbocycles. The summed E-state index contributed by atoms with van der Waals surface area (Å²) in [6, 6.07) is 17.2. The normalized spacial score (nSPS) is 16.0. The second-order valence-corrected chi connectivity index (χ2v) is 7.17. The third kappa shape index (κ3) is 7.02. The molecule has 8 heteroatoms. The third-order valence-corrected chi connectivity index (χ3v) is 4.70. The highest BCUT2D eigenvalue weighted by atomic mass is 35.5. The highest BCUT2D eigenvalue weighted by Gasteiger charge is 2.30. The zero-order chi connectivity index (χ0) is 22.1. The minimum absolute atomic E-state index is 0.0307. The molecule has 1 saturated heterocycles. The Labute approximate surface area is 179 Å². The fraction of sp³-hybridized carbons (Fsp3) is 0.227. The molecular weight excluding hydrogens is 408 g/mol. The maximum Gasteiger partial charge on any atom is 0.328 e. The van der Waals surface area contributed by atoms with Crippen LogP contribution >= 0.6 is 11.6 Å². The number of rotatable bonds is 5. The highest BCUT2D eigenvalue weighted by Crippen LogP contribution is 2.25. The molecule has 1 unspecified atom stereocenters. The molecule has 1 amide bonds. The number of para-hydroxylation sites is 1. The van der Waals surface area contributed by atoms with E-state index in [-0.39, 0.29) is 11.9 Å².